The van der Waals surface area contributed by atoms with Crippen LogP contribution < -0.4 is 10.4 Å². The maximum absolute atomic E-state index is 12.9. The van der Waals surface area contributed by atoms with E-state index in [9.17, 15) is 14.4 Å². The van der Waals surface area contributed by atoms with Crippen LogP contribution >= 0.6 is 0 Å². The lowest BCUT2D eigenvalue weighted by Crippen LogP contribution is -2.35. The van der Waals surface area contributed by atoms with E-state index >= 15 is 0 Å². The molecular formula is C22H19N3O4. The molecule has 0 radical (unpaired) electrons. The number of esters is 1. The van der Waals surface area contributed by atoms with Gasteiger partial charge in [0.2, 0.25) is 0 Å². The van der Waals surface area contributed by atoms with E-state index in [0.717, 1.165) is 22.2 Å². The van der Waals surface area contributed by atoms with Crippen LogP contribution in [0.15, 0.2) is 60.2 Å². The van der Waals surface area contributed by atoms with Gasteiger partial charge >= 0.3 is 5.97 Å². The summed E-state index contributed by atoms with van der Waals surface area (Å²) in [5, 5.41) is 2.08. The minimum atomic E-state index is -0.469. The van der Waals surface area contributed by atoms with Gasteiger partial charge in [-0.05, 0) is 31.2 Å². The molecule has 2 heterocycles. The highest BCUT2D eigenvalue weighted by Crippen LogP contribution is 2.29. The molecule has 4 rings (SSSR count). The van der Waals surface area contributed by atoms with Gasteiger partial charge in [-0.15, -0.1) is 0 Å². The van der Waals surface area contributed by atoms with E-state index < -0.39 is 11.8 Å². The number of hydrogen-bond acceptors (Lipinski definition) is 4. The second-order valence-electron chi connectivity index (χ2n) is 6.65. The van der Waals surface area contributed by atoms with Crippen molar-refractivity contribution in [2.75, 3.05) is 12.1 Å². The van der Waals surface area contributed by atoms with Crippen molar-refractivity contribution in [3.8, 4) is 0 Å². The minimum absolute atomic E-state index is 0.0397. The van der Waals surface area contributed by atoms with Crippen LogP contribution in [-0.2, 0) is 25.7 Å². The number of amides is 2. The smallest absolute Gasteiger partial charge is 0.325 e. The Labute approximate surface area is 167 Å². The Kier molecular flexibility index (Phi) is 4.64. The van der Waals surface area contributed by atoms with Crippen molar-refractivity contribution in [2.45, 2.75) is 13.5 Å². The number of anilines is 1. The average Bonchev–Trinajstić information content (AvgIpc) is 3.17. The van der Waals surface area contributed by atoms with Crippen molar-refractivity contribution in [3.63, 3.8) is 0 Å². The number of nitrogens with one attached hydrogen (secondary N) is 1. The van der Waals surface area contributed by atoms with Crippen molar-refractivity contribution in [1.82, 2.24) is 9.99 Å². The lowest BCUT2D eigenvalue weighted by molar-refractivity contribution is -0.141. The number of fused-ring (bicyclic) bond motifs is 1. The Balaban J connectivity index is 1.80. The van der Waals surface area contributed by atoms with Gasteiger partial charge in [-0.3, -0.25) is 19.8 Å². The first kappa shape index (κ1) is 18.5. The van der Waals surface area contributed by atoms with Crippen molar-refractivity contribution in [1.29, 1.82) is 0 Å². The van der Waals surface area contributed by atoms with Crippen molar-refractivity contribution >= 4 is 40.4 Å². The third kappa shape index (κ3) is 3.16. The van der Waals surface area contributed by atoms with Gasteiger partial charge in [0.05, 0.1) is 12.8 Å². The molecule has 1 fully saturated rings. The molecule has 1 aliphatic heterocycles. The van der Waals surface area contributed by atoms with Crippen LogP contribution in [0, 0.1) is 6.92 Å². The first-order chi connectivity index (χ1) is 14.0. The second kappa shape index (κ2) is 7.27. The third-order valence-electron chi connectivity index (χ3n) is 4.99. The molecule has 1 aliphatic rings. The van der Waals surface area contributed by atoms with Crippen LogP contribution in [-0.4, -0.2) is 29.5 Å². The van der Waals surface area contributed by atoms with E-state index in [2.05, 4.69) is 5.43 Å². The largest absolute Gasteiger partial charge is 0.468 e. The summed E-state index contributed by atoms with van der Waals surface area (Å²) >= 11 is 0. The molecule has 3 aromatic rings. The first-order valence-corrected chi connectivity index (χ1v) is 9.08. The summed E-state index contributed by atoms with van der Waals surface area (Å²) in [6, 6.07) is 16.4. The monoisotopic (exact) mass is 389 g/mol. The second-order valence-corrected chi connectivity index (χ2v) is 6.65. The molecule has 0 spiro atoms. The number of ether oxygens (including phenoxy) is 1. The molecule has 0 atom stereocenters. The van der Waals surface area contributed by atoms with Gasteiger partial charge in [0.25, 0.3) is 11.8 Å². The molecule has 7 nitrogen and oxygen atoms in total. The zero-order valence-corrected chi connectivity index (χ0v) is 16.0. The van der Waals surface area contributed by atoms with E-state index in [1.54, 1.807) is 30.3 Å². The predicted molar refractivity (Wildman–Crippen MR) is 109 cm³/mol. The Hall–Kier alpha value is -3.87. The summed E-state index contributed by atoms with van der Waals surface area (Å²) in [6.07, 6.45) is 1.59. The number of nitrogens with zero attached hydrogens (tertiary/aromatic N) is 2. The highest BCUT2D eigenvalue weighted by Gasteiger charge is 2.34. The number of carbonyl (C=O) groups is 3. The van der Waals surface area contributed by atoms with Gasteiger partial charge in [-0.1, -0.05) is 36.4 Å². The fourth-order valence-corrected chi connectivity index (χ4v) is 3.50. The van der Waals surface area contributed by atoms with Crippen LogP contribution in [0.5, 0.6) is 0 Å². The van der Waals surface area contributed by atoms with Gasteiger partial charge in [0, 0.05) is 22.2 Å². The maximum Gasteiger partial charge on any atom is 0.325 e. The molecule has 7 heteroatoms. The molecule has 0 saturated carbocycles. The molecule has 2 amide bonds. The predicted octanol–water partition coefficient (Wildman–Crippen LogP) is 2.58. The zero-order chi connectivity index (χ0) is 20.5. The fraction of sp³-hybridized carbons (Fsp3) is 0.136. The Morgan fingerprint density at radius 1 is 1.07 bits per heavy atom. The summed E-state index contributed by atoms with van der Waals surface area (Å²) in [5.41, 5.74) is 5.54. The van der Waals surface area contributed by atoms with Crippen LogP contribution in [0.2, 0.25) is 0 Å². The van der Waals surface area contributed by atoms with Crippen LogP contribution in [0.1, 0.15) is 11.3 Å². The zero-order valence-electron chi connectivity index (χ0n) is 16.0. The summed E-state index contributed by atoms with van der Waals surface area (Å²) < 4.78 is 6.62. The third-order valence-corrected chi connectivity index (χ3v) is 4.99. The van der Waals surface area contributed by atoms with Gasteiger partial charge in [0.1, 0.15) is 12.1 Å². The Morgan fingerprint density at radius 3 is 2.48 bits per heavy atom. The summed E-state index contributed by atoms with van der Waals surface area (Å²) in [7, 11) is 1.34. The van der Waals surface area contributed by atoms with Crippen molar-refractivity contribution < 1.29 is 19.1 Å². The van der Waals surface area contributed by atoms with Gasteiger partial charge in [-0.25, -0.2) is 5.01 Å². The minimum Gasteiger partial charge on any atom is -0.468 e. The SMILES string of the molecule is COC(=O)Cn1c(C)c(C=C2C(=O)NN(c3ccccc3)C2=O)c2ccccc21. The molecule has 1 aromatic heterocycles. The number of hydrazine groups is 1. The molecule has 0 aliphatic carbocycles. The van der Waals surface area contributed by atoms with Crippen molar-refractivity contribution in [2.24, 2.45) is 0 Å². The van der Waals surface area contributed by atoms with E-state index in [1.807, 2.05) is 41.8 Å². The van der Waals surface area contributed by atoms with E-state index in [0.29, 0.717) is 5.69 Å². The number of para-hydroxylation sites is 2. The highest BCUT2D eigenvalue weighted by molar-refractivity contribution is 6.32. The summed E-state index contributed by atoms with van der Waals surface area (Å²) in [6.45, 7) is 1.89. The molecule has 0 bridgehead atoms. The molecule has 2 aromatic carbocycles. The number of aromatic nitrogens is 1. The topological polar surface area (TPSA) is 80.6 Å². The molecule has 29 heavy (non-hydrogen) atoms. The fourth-order valence-electron chi connectivity index (χ4n) is 3.50. The average molecular weight is 389 g/mol. The van der Waals surface area contributed by atoms with E-state index in [-0.39, 0.29) is 18.1 Å². The maximum atomic E-state index is 12.9. The normalized spacial score (nSPS) is 15.2. The van der Waals surface area contributed by atoms with E-state index in [1.165, 1.54) is 12.1 Å². The quantitative estimate of drug-likeness (QED) is 0.423. The lowest BCUT2D eigenvalue weighted by Gasteiger charge is -2.13. The van der Waals surface area contributed by atoms with Crippen LogP contribution in [0.25, 0.3) is 17.0 Å². The number of rotatable bonds is 4. The molecule has 1 N–H and O–H groups in total. The standard InChI is InChI=1S/C22H19N3O4/c1-14-17(16-10-6-7-11-19(16)24(14)13-20(26)29-2)12-18-21(27)23-25(22(18)28)15-8-4-3-5-9-15/h3-12H,13H2,1-2H3,(H,23,27). The number of benzene rings is 2. The van der Waals surface area contributed by atoms with Crippen LogP contribution in [0.3, 0.4) is 0 Å². The molecule has 1 saturated heterocycles. The number of carbonyl (C=O) groups excluding carboxylic acids is 3. The Morgan fingerprint density at radius 2 is 1.76 bits per heavy atom. The van der Waals surface area contributed by atoms with Gasteiger partial charge in [0.15, 0.2) is 0 Å². The molecule has 146 valence electrons. The van der Waals surface area contributed by atoms with Crippen LogP contribution in [0.4, 0.5) is 5.69 Å². The number of methoxy groups -OCH3 is 1. The highest BCUT2D eigenvalue weighted by atomic mass is 16.5. The van der Waals surface area contributed by atoms with Gasteiger partial charge in [-0.2, -0.15) is 0 Å². The Bertz CT molecular complexity index is 1160. The first-order valence-electron chi connectivity index (χ1n) is 9.08. The van der Waals surface area contributed by atoms with E-state index in [4.69, 9.17) is 4.74 Å². The number of hydrogen-bond donors (Lipinski definition) is 1. The summed E-state index contributed by atoms with van der Waals surface area (Å²) in [5.74, 6) is -1.27. The molecule has 0 unspecified atom stereocenters. The summed E-state index contributed by atoms with van der Waals surface area (Å²) in [4.78, 5) is 37.3. The lowest BCUT2D eigenvalue weighted by atomic mass is 10.1. The molecular weight excluding hydrogens is 370 g/mol. The van der Waals surface area contributed by atoms with Gasteiger partial charge < -0.3 is 9.30 Å². The van der Waals surface area contributed by atoms with Crippen molar-refractivity contribution in [3.05, 3.63) is 71.4 Å².